The maximum Gasteiger partial charge on any atom is 0.0169 e. The quantitative estimate of drug-likeness (QED) is 0.910. The van der Waals surface area contributed by atoms with Gasteiger partial charge in [-0.1, -0.05) is 48.5 Å². The molecule has 0 spiro atoms. The fourth-order valence-electron chi connectivity index (χ4n) is 2.85. The molecule has 3 rings (SSSR count). The van der Waals surface area contributed by atoms with Crippen LogP contribution in [0.15, 0.2) is 48.5 Å². The molecule has 0 radical (unpaired) electrons. The van der Waals surface area contributed by atoms with E-state index in [1.54, 1.807) is 0 Å². The first-order chi connectivity index (χ1) is 9.38. The van der Waals surface area contributed by atoms with Gasteiger partial charge in [0.15, 0.2) is 0 Å². The van der Waals surface area contributed by atoms with E-state index < -0.39 is 0 Å². The first-order valence-corrected chi connectivity index (χ1v) is 6.98. The van der Waals surface area contributed by atoms with Crippen molar-refractivity contribution in [3.63, 3.8) is 0 Å². The molecule has 19 heavy (non-hydrogen) atoms. The predicted octanol–water partition coefficient (Wildman–Crippen LogP) is 2.89. The fourth-order valence-corrected chi connectivity index (χ4v) is 2.85. The van der Waals surface area contributed by atoms with Crippen molar-refractivity contribution in [2.24, 2.45) is 5.73 Å². The highest BCUT2D eigenvalue weighted by Gasteiger charge is 2.13. The molecule has 0 saturated carbocycles. The molecule has 0 saturated heterocycles. The highest BCUT2D eigenvalue weighted by molar-refractivity contribution is 5.94. The average molecular weight is 252 g/mol. The van der Waals surface area contributed by atoms with Gasteiger partial charge in [-0.2, -0.15) is 0 Å². The average Bonchev–Trinajstić information content (AvgIpc) is 2.48. The van der Waals surface area contributed by atoms with Crippen LogP contribution >= 0.6 is 0 Å². The molecule has 1 aliphatic rings. The van der Waals surface area contributed by atoms with E-state index in [4.69, 9.17) is 5.73 Å². The third kappa shape index (κ3) is 2.55. The van der Waals surface area contributed by atoms with Crippen LogP contribution < -0.4 is 5.73 Å². The van der Waals surface area contributed by atoms with Gasteiger partial charge >= 0.3 is 0 Å². The number of hydrogen-bond donors (Lipinski definition) is 1. The van der Waals surface area contributed by atoms with Gasteiger partial charge in [0.25, 0.3) is 0 Å². The Balaban J connectivity index is 1.93. The molecule has 98 valence electrons. The van der Waals surface area contributed by atoms with Crippen molar-refractivity contribution >= 4 is 16.3 Å². The summed E-state index contributed by atoms with van der Waals surface area (Å²) in [5.41, 5.74) is 8.49. The lowest BCUT2D eigenvalue weighted by Crippen LogP contribution is -2.33. The van der Waals surface area contributed by atoms with Gasteiger partial charge < -0.3 is 5.73 Å². The third-order valence-corrected chi connectivity index (χ3v) is 3.87. The van der Waals surface area contributed by atoms with Crippen LogP contribution in [0.5, 0.6) is 0 Å². The topological polar surface area (TPSA) is 29.3 Å². The summed E-state index contributed by atoms with van der Waals surface area (Å²) >= 11 is 0. The molecule has 0 amide bonds. The second-order valence-corrected chi connectivity index (χ2v) is 5.10. The molecule has 0 aliphatic carbocycles. The van der Waals surface area contributed by atoms with Gasteiger partial charge in [-0.25, -0.2) is 0 Å². The Bertz CT molecular complexity index is 596. The first kappa shape index (κ1) is 12.4. The van der Waals surface area contributed by atoms with E-state index in [0.29, 0.717) is 0 Å². The predicted molar refractivity (Wildman–Crippen MR) is 82.0 cm³/mol. The van der Waals surface area contributed by atoms with Crippen LogP contribution in [0.1, 0.15) is 12.0 Å². The van der Waals surface area contributed by atoms with Crippen LogP contribution in [0.4, 0.5) is 0 Å². The van der Waals surface area contributed by atoms with Gasteiger partial charge in [-0.05, 0) is 28.3 Å². The zero-order valence-electron chi connectivity index (χ0n) is 11.2. The van der Waals surface area contributed by atoms with Crippen LogP contribution in [0.25, 0.3) is 16.3 Å². The number of nitrogens with two attached hydrogens (primary N) is 1. The Labute approximate surface area is 114 Å². The van der Waals surface area contributed by atoms with Gasteiger partial charge in [0.05, 0.1) is 0 Å². The van der Waals surface area contributed by atoms with Crippen molar-refractivity contribution in [3.05, 3.63) is 54.1 Å². The summed E-state index contributed by atoms with van der Waals surface area (Å²) in [6, 6.07) is 15.2. The SMILES string of the molecule is NCCN1CC=C(c2cccc3ccccc23)CC1. The molecular formula is C17H20N2. The van der Waals surface area contributed by atoms with Gasteiger partial charge in [0.2, 0.25) is 0 Å². The molecule has 1 heterocycles. The molecular weight excluding hydrogens is 232 g/mol. The van der Waals surface area contributed by atoms with E-state index in [9.17, 15) is 0 Å². The van der Waals surface area contributed by atoms with Crippen molar-refractivity contribution < 1.29 is 0 Å². The number of hydrogen-bond acceptors (Lipinski definition) is 2. The smallest absolute Gasteiger partial charge is 0.0169 e. The molecule has 0 atom stereocenters. The Morgan fingerprint density at radius 3 is 2.68 bits per heavy atom. The van der Waals surface area contributed by atoms with Crippen LogP contribution in [0.2, 0.25) is 0 Å². The summed E-state index contributed by atoms with van der Waals surface area (Å²) in [6.45, 7) is 3.89. The third-order valence-electron chi connectivity index (χ3n) is 3.87. The zero-order chi connectivity index (χ0) is 13.1. The van der Waals surface area contributed by atoms with E-state index in [2.05, 4.69) is 53.4 Å². The summed E-state index contributed by atoms with van der Waals surface area (Å²) in [7, 11) is 0. The molecule has 2 N–H and O–H groups in total. The Morgan fingerprint density at radius 1 is 1.05 bits per heavy atom. The van der Waals surface area contributed by atoms with E-state index >= 15 is 0 Å². The number of benzene rings is 2. The van der Waals surface area contributed by atoms with E-state index in [0.717, 1.165) is 32.6 Å². The van der Waals surface area contributed by atoms with Crippen molar-refractivity contribution in [1.82, 2.24) is 4.90 Å². The lowest BCUT2D eigenvalue weighted by Gasteiger charge is -2.26. The Hall–Kier alpha value is -1.64. The second-order valence-electron chi connectivity index (χ2n) is 5.10. The van der Waals surface area contributed by atoms with Crippen LogP contribution in [-0.4, -0.2) is 31.1 Å². The van der Waals surface area contributed by atoms with E-state index in [1.165, 1.54) is 21.9 Å². The maximum atomic E-state index is 5.62. The number of nitrogens with zero attached hydrogens (tertiary/aromatic N) is 1. The lowest BCUT2D eigenvalue weighted by molar-refractivity contribution is 0.310. The highest BCUT2D eigenvalue weighted by atomic mass is 15.1. The van der Waals surface area contributed by atoms with Gasteiger partial charge in [0.1, 0.15) is 0 Å². The molecule has 2 nitrogen and oxygen atoms in total. The van der Waals surface area contributed by atoms with Gasteiger partial charge in [-0.3, -0.25) is 4.90 Å². The largest absolute Gasteiger partial charge is 0.329 e. The Morgan fingerprint density at radius 2 is 1.89 bits per heavy atom. The molecule has 0 unspecified atom stereocenters. The fraction of sp³-hybridized carbons (Fsp3) is 0.294. The summed E-state index contributed by atoms with van der Waals surface area (Å²) < 4.78 is 0. The Kier molecular flexibility index (Phi) is 3.62. The minimum Gasteiger partial charge on any atom is -0.329 e. The van der Waals surface area contributed by atoms with Crippen LogP contribution in [-0.2, 0) is 0 Å². The lowest BCUT2D eigenvalue weighted by atomic mass is 9.94. The van der Waals surface area contributed by atoms with Crippen molar-refractivity contribution in [2.45, 2.75) is 6.42 Å². The van der Waals surface area contributed by atoms with E-state index in [-0.39, 0.29) is 0 Å². The normalized spacial score (nSPS) is 16.6. The standard InChI is InChI=1S/C17H20N2/c18-10-13-19-11-8-15(9-12-19)17-7-3-5-14-4-1-2-6-16(14)17/h1-8H,9-13,18H2. The summed E-state index contributed by atoms with van der Waals surface area (Å²) in [6.07, 6.45) is 3.48. The molecule has 0 fully saturated rings. The van der Waals surface area contributed by atoms with Gasteiger partial charge in [-0.15, -0.1) is 0 Å². The minimum atomic E-state index is 0.747. The second kappa shape index (κ2) is 5.55. The van der Waals surface area contributed by atoms with E-state index in [1.807, 2.05) is 0 Å². The molecule has 2 aromatic rings. The summed E-state index contributed by atoms with van der Waals surface area (Å²) in [5.74, 6) is 0. The van der Waals surface area contributed by atoms with Gasteiger partial charge in [0, 0.05) is 26.2 Å². The molecule has 0 aromatic heterocycles. The summed E-state index contributed by atoms with van der Waals surface area (Å²) in [4.78, 5) is 2.41. The van der Waals surface area contributed by atoms with Crippen LogP contribution in [0, 0.1) is 0 Å². The van der Waals surface area contributed by atoms with Crippen LogP contribution in [0.3, 0.4) is 0 Å². The highest BCUT2D eigenvalue weighted by Crippen LogP contribution is 2.28. The zero-order valence-corrected chi connectivity index (χ0v) is 11.2. The van der Waals surface area contributed by atoms with Crippen molar-refractivity contribution in [3.8, 4) is 0 Å². The molecule has 2 heteroatoms. The first-order valence-electron chi connectivity index (χ1n) is 6.98. The van der Waals surface area contributed by atoms with Crippen molar-refractivity contribution in [2.75, 3.05) is 26.2 Å². The number of fused-ring (bicyclic) bond motifs is 1. The molecule has 2 aromatic carbocycles. The maximum absolute atomic E-state index is 5.62. The minimum absolute atomic E-state index is 0.747. The molecule has 1 aliphatic heterocycles. The molecule has 0 bridgehead atoms. The number of rotatable bonds is 3. The summed E-state index contributed by atoms with van der Waals surface area (Å²) in [5, 5.41) is 2.69. The monoisotopic (exact) mass is 252 g/mol. The van der Waals surface area contributed by atoms with Crippen molar-refractivity contribution in [1.29, 1.82) is 0 Å².